The molecule has 116 valence electrons. The fraction of sp³-hybridized carbons (Fsp3) is 0.533. The first kappa shape index (κ1) is 15.9. The van der Waals surface area contributed by atoms with Crippen molar-refractivity contribution in [1.82, 2.24) is 0 Å². The van der Waals surface area contributed by atoms with Gasteiger partial charge in [0, 0.05) is 0 Å². The van der Waals surface area contributed by atoms with Crippen LogP contribution in [0.2, 0.25) is 0 Å². The number of aromatic carboxylic acids is 1. The molecule has 0 radical (unpaired) electrons. The Morgan fingerprint density at radius 2 is 1.81 bits per heavy atom. The molecule has 21 heavy (non-hydrogen) atoms. The maximum absolute atomic E-state index is 13.7. The molecule has 0 atom stereocenters. The Morgan fingerprint density at radius 3 is 2.33 bits per heavy atom. The Kier molecular flexibility index (Phi) is 4.37. The summed E-state index contributed by atoms with van der Waals surface area (Å²) in [6.45, 7) is 3.47. The lowest BCUT2D eigenvalue weighted by Crippen LogP contribution is -2.27. The summed E-state index contributed by atoms with van der Waals surface area (Å²) >= 11 is 0. The van der Waals surface area contributed by atoms with Gasteiger partial charge >= 0.3 is 5.97 Å². The van der Waals surface area contributed by atoms with Crippen LogP contribution in [0.4, 0.5) is 4.39 Å². The number of aryl methyl sites for hydroxylation is 1. The van der Waals surface area contributed by atoms with Crippen molar-refractivity contribution in [2.75, 3.05) is 0 Å². The topological polar surface area (TPSA) is 71.4 Å². The van der Waals surface area contributed by atoms with Gasteiger partial charge in [0.15, 0.2) is 9.84 Å². The van der Waals surface area contributed by atoms with Gasteiger partial charge in [-0.25, -0.2) is 17.6 Å². The largest absolute Gasteiger partial charge is 0.478 e. The molecule has 1 saturated carbocycles. The summed E-state index contributed by atoms with van der Waals surface area (Å²) in [5, 5.41) is 8.49. The molecule has 1 aliphatic carbocycles. The van der Waals surface area contributed by atoms with Gasteiger partial charge in [-0.2, -0.15) is 0 Å². The van der Waals surface area contributed by atoms with Gasteiger partial charge < -0.3 is 5.11 Å². The van der Waals surface area contributed by atoms with E-state index in [1.807, 2.05) is 0 Å². The summed E-state index contributed by atoms with van der Waals surface area (Å²) in [7, 11) is -3.61. The van der Waals surface area contributed by atoms with E-state index in [0.717, 1.165) is 18.9 Å². The summed E-state index contributed by atoms with van der Waals surface area (Å²) in [4.78, 5) is 11.0. The minimum absolute atomic E-state index is 0.0395. The van der Waals surface area contributed by atoms with Crippen molar-refractivity contribution >= 4 is 15.8 Å². The van der Waals surface area contributed by atoms with Crippen LogP contribution >= 0.6 is 0 Å². The van der Waals surface area contributed by atoms with Crippen LogP contribution in [0.5, 0.6) is 0 Å². The van der Waals surface area contributed by atoms with Gasteiger partial charge in [0.1, 0.15) is 5.82 Å². The molecule has 0 unspecified atom stereocenters. The number of carboxylic acid groups (broad SMARTS) is 1. The van der Waals surface area contributed by atoms with Gasteiger partial charge in [-0.1, -0.05) is 6.92 Å². The van der Waals surface area contributed by atoms with Crippen molar-refractivity contribution in [2.24, 2.45) is 5.92 Å². The van der Waals surface area contributed by atoms with E-state index in [9.17, 15) is 17.6 Å². The van der Waals surface area contributed by atoms with E-state index in [1.54, 1.807) is 0 Å². The van der Waals surface area contributed by atoms with E-state index >= 15 is 0 Å². The molecule has 0 aromatic heterocycles. The van der Waals surface area contributed by atoms with E-state index in [4.69, 9.17) is 5.11 Å². The van der Waals surface area contributed by atoms with Crippen LogP contribution in [-0.4, -0.2) is 24.7 Å². The van der Waals surface area contributed by atoms with Gasteiger partial charge in [-0.3, -0.25) is 0 Å². The maximum atomic E-state index is 13.7. The van der Waals surface area contributed by atoms with E-state index < -0.39 is 32.4 Å². The van der Waals surface area contributed by atoms with Gasteiger partial charge in [0.25, 0.3) is 0 Å². The van der Waals surface area contributed by atoms with Gasteiger partial charge in [0.05, 0.1) is 15.7 Å². The van der Waals surface area contributed by atoms with Gasteiger partial charge in [0.2, 0.25) is 0 Å². The standard InChI is InChI=1S/C15H19FO4S/c1-9-3-5-11(6-4-9)21(19,20)12-7-10(2)14(16)13(8-12)15(17)18/h7-9,11H,3-6H2,1-2H3,(H,17,18). The highest BCUT2D eigenvalue weighted by atomic mass is 32.2. The Hall–Kier alpha value is -1.43. The molecule has 0 spiro atoms. The highest BCUT2D eigenvalue weighted by molar-refractivity contribution is 7.92. The van der Waals surface area contributed by atoms with Crippen LogP contribution in [0, 0.1) is 18.7 Å². The lowest BCUT2D eigenvalue weighted by atomic mass is 9.91. The third kappa shape index (κ3) is 3.10. The molecule has 0 amide bonds. The van der Waals surface area contributed by atoms with Crippen molar-refractivity contribution in [2.45, 2.75) is 49.7 Å². The van der Waals surface area contributed by atoms with Gasteiger partial charge in [-0.15, -0.1) is 0 Å². The molecule has 1 aliphatic rings. The van der Waals surface area contributed by atoms with Crippen LogP contribution in [0.15, 0.2) is 17.0 Å². The fourth-order valence-electron chi connectivity index (χ4n) is 2.79. The number of carbonyl (C=O) groups is 1. The number of benzene rings is 1. The molecule has 1 N–H and O–H groups in total. The quantitative estimate of drug-likeness (QED) is 0.870. The second-order valence-corrected chi connectivity index (χ2v) is 8.06. The zero-order valence-electron chi connectivity index (χ0n) is 12.1. The van der Waals surface area contributed by atoms with Crippen LogP contribution in [0.3, 0.4) is 0 Å². The lowest BCUT2D eigenvalue weighted by Gasteiger charge is -2.26. The molecular weight excluding hydrogens is 295 g/mol. The summed E-state index contributed by atoms with van der Waals surface area (Å²) < 4.78 is 39.0. The normalized spacial score (nSPS) is 23.0. The van der Waals surface area contributed by atoms with E-state index in [1.165, 1.54) is 13.0 Å². The summed E-state index contributed by atoms with van der Waals surface area (Å²) in [5.74, 6) is -1.82. The Morgan fingerprint density at radius 1 is 1.24 bits per heavy atom. The number of hydrogen-bond donors (Lipinski definition) is 1. The number of rotatable bonds is 3. The summed E-state index contributed by atoms with van der Waals surface area (Å²) in [6.07, 6.45) is 2.83. The first-order valence-electron chi connectivity index (χ1n) is 7.00. The van der Waals surface area contributed by atoms with Crippen LogP contribution < -0.4 is 0 Å². The molecule has 1 aromatic carbocycles. The number of halogens is 1. The lowest BCUT2D eigenvalue weighted by molar-refractivity contribution is 0.0691. The van der Waals surface area contributed by atoms with E-state index in [0.29, 0.717) is 18.8 Å². The summed E-state index contributed by atoms with van der Waals surface area (Å²) in [5.41, 5.74) is -0.546. The minimum atomic E-state index is -3.61. The molecule has 6 heteroatoms. The summed E-state index contributed by atoms with van der Waals surface area (Å²) in [6, 6.07) is 2.17. The highest BCUT2D eigenvalue weighted by Crippen LogP contribution is 2.32. The Bertz CT molecular complexity index is 658. The van der Waals surface area contributed by atoms with Crippen molar-refractivity contribution in [3.63, 3.8) is 0 Å². The first-order chi connectivity index (χ1) is 9.73. The molecule has 4 nitrogen and oxygen atoms in total. The molecule has 0 bridgehead atoms. The predicted molar refractivity (Wildman–Crippen MR) is 76.7 cm³/mol. The Labute approximate surface area is 123 Å². The minimum Gasteiger partial charge on any atom is -0.478 e. The zero-order valence-corrected chi connectivity index (χ0v) is 12.9. The molecule has 1 fully saturated rings. The van der Waals surface area contributed by atoms with Crippen LogP contribution in [0.1, 0.15) is 48.5 Å². The third-order valence-electron chi connectivity index (χ3n) is 4.19. The smallest absolute Gasteiger partial charge is 0.338 e. The average Bonchev–Trinajstić information content (AvgIpc) is 2.41. The van der Waals surface area contributed by atoms with Crippen LogP contribution in [-0.2, 0) is 9.84 Å². The second-order valence-electron chi connectivity index (χ2n) is 5.83. The molecule has 0 aliphatic heterocycles. The monoisotopic (exact) mass is 314 g/mol. The molecule has 1 aromatic rings. The van der Waals surface area contributed by atoms with Crippen molar-refractivity contribution in [3.8, 4) is 0 Å². The SMILES string of the molecule is Cc1cc(S(=O)(=O)C2CCC(C)CC2)cc(C(=O)O)c1F. The fourth-order valence-corrected chi connectivity index (χ4v) is 4.69. The highest BCUT2D eigenvalue weighted by Gasteiger charge is 2.32. The van der Waals surface area contributed by atoms with Crippen molar-refractivity contribution < 1.29 is 22.7 Å². The van der Waals surface area contributed by atoms with E-state index in [-0.39, 0.29) is 10.5 Å². The first-order valence-corrected chi connectivity index (χ1v) is 8.55. The number of sulfone groups is 1. The molecule has 2 rings (SSSR count). The average molecular weight is 314 g/mol. The van der Waals surface area contributed by atoms with Crippen LogP contribution in [0.25, 0.3) is 0 Å². The third-order valence-corrected chi connectivity index (χ3v) is 6.43. The second kappa shape index (κ2) is 5.75. The maximum Gasteiger partial charge on any atom is 0.338 e. The Balaban J connectivity index is 2.43. The van der Waals surface area contributed by atoms with Crippen molar-refractivity contribution in [1.29, 1.82) is 0 Å². The number of carboxylic acids is 1. The number of hydrogen-bond acceptors (Lipinski definition) is 3. The predicted octanol–water partition coefficient (Wildman–Crippen LogP) is 3.18. The van der Waals surface area contributed by atoms with Crippen molar-refractivity contribution in [3.05, 3.63) is 29.1 Å². The zero-order chi connectivity index (χ0) is 15.8. The molecule has 0 heterocycles. The van der Waals surface area contributed by atoms with E-state index in [2.05, 4.69) is 6.92 Å². The molecule has 0 saturated heterocycles. The molecular formula is C15H19FO4S. The van der Waals surface area contributed by atoms with Gasteiger partial charge in [-0.05, 0) is 56.2 Å².